The Kier molecular flexibility index (Phi) is 4.84. The quantitative estimate of drug-likeness (QED) is 0.817. The second kappa shape index (κ2) is 6.81. The Morgan fingerprint density at radius 2 is 2.15 bits per heavy atom. The van der Waals surface area contributed by atoms with Crippen molar-refractivity contribution >= 4 is 5.91 Å². The van der Waals surface area contributed by atoms with Crippen molar-refractivity contribution in [1.82, 2.24) is 20.3 Å². The average molecular weight is 274 g/mol. The molecule has 0 saturated carbocycles. The molecule has 0 spiro atoms. The first-order chi connectivity index (χ1) is 9.69. The van der Waals surface area contributed by atoms with Gasteiger partial charge in [-0.1, -0.05) is 35.5 Å². The third kappa shape index (κ3) is 3.89. The third-order valence-electron chi connectivity index (χ3n) is 2.88. The van der Waals surface area contributed by atoms with Gasteiger partial charge in [0, 0.05) is 18.2 Å². The van der Waals surface area contributed by atoms with Crippen molar-refractivity contribution in [3.63, 3.8) is 0 Å². The van der Waals surface area contributed by atoms with E-state index in [-0.39, 0.29) is 25.1 Å². The van der Waals surface area contributed by atoms with E-state index in [4.69, 9.17) is 5.11 Å². The summed E-state index contributed by atoms with van der Waals surface area (Å²) < 4.78 is 1.50. The first-order valence-corrected chi connectivity index (χ1v) is 6.55. The van der Waals surface area contributed by atoms with Crippen LogP contribution in [-0.4, -0.2) is 38.7 Å². The van der Waals surface area contributed by atoms with E-state index < -0.39 is 0 Å². The van der Waals surface area contributed by atoms with E-state index in [1.165, 1.54) is 4.68 Å². The number of carbonyl (C=O) groups excluding carboxylic acids is 1. The first-order valence-electron chi connectivity index (χ1n) is 6.55. The van der Waals surface area contributed by atoms with Gasteiger partial charge in [-0.05, 0) is 13.3 Å². The second-order valence-electron chi connectivity index (χ2n) is 4.65. The van der Waals surface area contributed by atoms with Crippen molar-refractivity contribution in [2.45, 2.75) is 25.9 Å². The lowest BCUT2D eigenvalue weighted by Gasteiger charge is -2.11. The topological polar surface area (TPSA) is 80.0 Å². The lowest BCUT2D eigenvalue weighted by atomic mass is 10.2. The highest BCUT2D eigenvalue weighted by Gasteiger charge is 2.09. The van der Waals surface area contributed by atoms with Crippen molar-refractivity contribution < 1.29 is 9.90 Å². The van der Waals surface area contributed by atoms with Crippen LogP contribution in [0, 0.1) is 0 Å². The van der Waals surface area contributed by atoms with Gasteiger partial charge in [-0.2, -0.15) is 0 Å². The van der Waals surface area contributed by atoms with Gasteiger partial charge >= 0.3 is 0 Å². The van der Waals surface area contributed by atoms with Gasteiger partial charge in [0.15, 0.2) is 0 Å². The molecular formula is C14H18N4O2. The summed E-state index contributed by atoms with van der Waals surface area (Å²) >= 11 is 0. The molecule has 1 atom stereocenters. The highest BCUT2D eigenvalue weighted by Crippen LogP contribution is 2.14. The number of aliphatic hydroxyl groups excluding tert-OH is 1. The molecule has 0 fully saturated rings. The van der Waals surface area contributed by atoms with Gasteiger partial charge in [-0.15, -0.1) is 5.10 Å². The molecule has 0 aliphatic rings. The number of hydrogen-bond acceptors (Lipinski definition) is 4. The highest BCUT2D eigenvalue weighted by atomic mass is 16.3. The monoisotopic (exact) mass is 274 g/mol. The summed E-state index contributed by atoms with van der Waals surface area (Å²) in [5, 5.41) is 19.6. The molecule has 0 saturated heterocycles. The van der Waals surface area contributed by atoms with E-state index in [1.54, 1.807) is 6.20 Å². The van der Waals surface area contributed by atoms with Gasteiger partial charge in [-0.25, -0.2) is 4.68 Å². The molecule has 106 valence electrons. The summed E-state index contributed by atoms with van der Waals surface area (Å²) in [7, 11) is 0. The summed E-state index contributed by atoms with van der Waals surface area (Å²) in [6.45, 7) is 2.03. The zero-order valence-corrected chi connectivity index (χ0v) is 11.4. The predicted octanol–water partition coefficient (Wildman–Crippen LogP) is 0.832. The zero-order chi connectivity index (χ0) is 14.4. The number of nitrogens with zero attached hydrogens (tertiary/aromatic N) is 3. The molecule has 0 aliphatic heterocycles. The first kappa shape index (κ1) is 14.2. The maximum Gasteiger partial charge on any atom is 0.242 e. The Bertz CT molecular complexity index is 553. The van der Waals surface area contributed by atoms with E-state index in [2.05, 4.69) is 15.6 Å². The lowest BCUT2D eigenvalue weighted by Crippen LogP contribution is -2.35. The van der Waals surface area contributed by atoms with Gasteiger partial charge in [0.05, 0.1) is 6.20 Å². The summed E-state index contributed by atoms with van der Waals surface area (Å²) in [5.74, 6) is -0.143. The number of benzene rings is 1. The van der Waals surface area contributed by atoms with Crippen molar-refractivity contribution in [2.75, 3.05) is 6.61 Å². The van der Waals surface area contributed by atoms with Gasteiger partial charge < -0.3 is 10.4 Å². The molecule has 1 amide bonds. The van der Waals surface area contributed by atoms with Crippen LogP contribution in [0.15, 0.2) is 36.5 Å². The maximum atomic E-state index is 11.8. The fraction of sp³-hybridized carbons (Fsp3) is 0.357. The van der Waals surface area contributed by atoms with Gasteiger partial charge in [0.25, 0.3) is 0 Å². The van der Waals surface area contributed by atoms with Crippen molar-refractivity contribution in [2.24, 2.45) is 0 Å². The highest BCUT2D eigenvalue weighted by molar-refractivity contribution is 5.76. The molecular weight excluding hydrogens is 256 g/mol. The normalized spacial score (nSPS) is 12.1. The van der Waals surface area contributed by atoms with Crippen molar-refractivity contribution in [3.8, 4) is 11.3 Å². The van der Waals surface area contributed by atoms with E-state index in [9.17, 15) is 4.79 Å². The molecule has 2 aromatic rings. The molecule has 1 aromatic carbocycles. The maximum absolute atomic E-state index is 11.8. The van der Waals surface area contributed by atoms with Crippen LogP contribution in [0.25, 0.3) is 11.3 Å². The minimum atomic E-state index is -0.143. The Hall–Kier alpha value is -2.21. The van der Waals surface area contributed by atoms with E-state index in [1.807, 2.05) is 37.3 Å². The minimum Gasteiger partial charge on any atom is -0.396 e. The third-order valence-corrected chi connectivity index (χ3v) is 2.88. The number of nitrogens with one attached hydrogen (secondary N) is 1. The summed E-state index contributed by atoms with van der Waals surface area (Å²) in [6, 6.07) is 9.62. The number of aliphatic hydroxyl groups is 1. The van der Waals surface area contributed by atoms with Gasteiger partial charge in [0.1, 0.15) is 12.2 Å². The molecule has 1 unspecified atom stereocenters. The molecule has 0 radical (unpaired) electrons. The van der Waals surface area contributed by atoms with Crippen LogP contribution in [0.1, 0.15) is 13.3 Å². The second-order valence-corrected chi connectivity index (χ2v) is 4.65. The van der Waals surface area contributed by atoms with E-state index >= 15 is 0 Å². The SMILES string of the molecule is CC(CCO)NC(=O)Cn1cc(-c2ccccc2)nn1. The Labute approximate surface area is 117 Å². The molecule has 2 N–H and O–H groups in total. The van der Waals surface area contributed by atoms with E-state index in [0.717, 1.165) is 11.3 Å². The molecule has 20 heavy (non-hydrogen) atoms. The van der Waals surface area contributed by atoms with Crippen LogP contribution in [0.4, 0.5) is 0 Å². The number of amides is 1. The Morgan fingerprint density at radius 1 is 1.40 bits per heavy atom. The molecule has 6 nitrogen and oxygen atoms in total. The average Bonchev–Trinajstić information content (AvgIpc) is 2.88. The van der Waals surface area contributed by atoms with Crippen LogP contribution in [0.5, 0.6) is 0 Å². The van der Waals surface area contributed by atoms with Gasteiger partial charge in [0.2, 0.25) is 5.91 Å². The molecule has 1 aromatic heterocycles. The molecule has 0 bridgehead atoms. The van der Waals surface area contributed by atoms with Crippen LogP contribution in [0.3, 0.4) is 0 Å². The van der Waals surface area contributed by atoms with Crippen LogP contribution in [0.2, 0.25) is 0 Å². The summed E-state index contributed by atoms with van der Waals surface area (Å²) in [6.07, 6.45) is 2.28. The van der Waals surface area contributed by atoms with Crippen LogP contribution >= 0.6 is 0 Å². The van der Waals surface area contributed by atoms with Crippen LogP contribution < -0.4 is 5.32 Å². The summed E-state index contributed by atoms with van der Waals surface area (Å²) in [4.78, 5) is 11.8. The van der Waals surface area contributed by atoms with E-state index in [0.29, 0.717) is 6.42 Å². The Morgan fingerprint density at radius 3 is 2.85 bits per heavy atom. The van der Waals surface area contributed by atoms with Crippen molar-refractivity contribution in [3.05, 3.63) is 36.5 Å². The number of aromatic nitrogens is 3. The fourth-order valence-corrected chi connectivity index (χ4v) is 1.85. The number of rotatable bonds is 6. The smallest absolute Gasteiger partial charge is 0.242 e. The van der Waals surface area contributed by atoms with Crippen molar-refractivity contribution in [1.29, 1.82) is 0 Å². The summed E-state index contributed by atoms with van der Waals surface area (Å²) in [5.41, 5.74) is 1.70. The number of carbonyl (C=O) groups is 1. The standard InChI is InChI=1S/C14H18N4O2/c1-11(7-8-19)15-14(20)10-18-9-13(16-17-18)12-5-3-2-4-6-12/h2-6,9,11,19H,7-8,10H2,1H3,(H,15,20). The Balaban J connectivity index is 1.95. The zero-order valence-electron chi connectivity index (χ0n) is 11.4. The molecule has 0 aliphatic carbocycles. The number of hydrogen-bond donors (Lipinski definition) is 2. The predicted molar refractivity (Wildman–Crippen MR) is 74.8 cm³/mol. The lowest BCUT2D eigenvalue weighted by molar-refractivity contribution is -0.122. The largest absolute Gasteiger partial charge is 0.396 e. The fourth-order valence-electron chi connectivity index (χ4n) is 1.85. The molecule has 6 heteroatoms. The molecule has 2 rings (SSSR count). The minimum absolute atomic E-state index is 0.0513. The van der Waals surface area contributed by atoms with Crippen LogP contribution in [-0.2, 0) is 11.3 Å². The van der Waals surface area contributed by atoms with Gasteiger partial charge in [-0.3, -0.25) is 4.79 Å². The molecule has 1 heterocycles.